The lowest BCUT2D eigenvalue weighted by atomic mass is 9.80. The van der Waals surface area contributed by atoms with E-state index >= 15 is 0 Å². The number of likely N-dealkylation sites (N-methyl/N-ethyl adjacent to an activating group) is 1. The van der Waals surface area contributed by atoms with E-state index in [0.717, 1.165) is 6.42 Å². The lowest BCUT2D eigenvalue weighted by molar-refractivity contribution is -0.140. The molecule has 0 atom stereocenters. The first-order valence-electron chi connectivity index (χ1n) is 9.05. The van der Waals surface area contributed by atoms with Crippen LogP contribution in [0.3, 0.4) is 0 Å². The summed E-state index contributed by atoms with van der Waals surface area (Å²) in [5.74, 6) is -0.0422. The smallest absolute Gasteiger partial charge is 0.242 e. The number of benzene rings is 1. The second kappa shape index (κ2) is 8.48. The maximum absolute atomic E-state index is 12.4. The summed E-state index contributed by atoms with van der Waals surface area (Å²) >= 11 is 0. The third kappa shape index (κ3) is 5.56. The van der Waals surface area contributed by atoms with Gasteiger partial charge in [0, 0.05) is 26.6 Å². The van der Waals surface area contributed by atoms with Gasteiger partial charge >= 0.3 is 0 Å². The van der Waals surface area contributed by atoms with Gasteiger partial charge in [-0.15, -0.1) is 0 Å². The Morgan fingerprint density at radius 1 is 1.20 bits per heavy atom. The molecule has 1 aromatic rings. The summed E-state index contributed by atoms with van der Waals surface area (Å²) in [7, 11) is 1.69. The highest BCUT2D eigenvalue weighted by Gasteiger charge is 2.25. The van der Waals surface area contributed by atoms with Gasteiger partial charge in [-0.05, 0) is 30.2 Å². The summed E-state index contributed by atoms with van der Waals surface area (Å²) in [6.07, 6.45) is 2.10. The van der Waals surface area contributed by atoms with Crippen molar-refractivity contribution in [2.75, 3.05) is 26.7 Å². The maximum atomic E-state index is 12.4. The fourth-order valence-electron chi connectivity index (χ4n) is 3.15. The molecular weight excluding hydrogens is 316 g/mol. The fourth-order valence-corrected chi connectivity index (χ4v) is 3.15. The first-order chi connectivity index (χ1) is 11.8. The number of rotatable bonds is 6. The van der Waals surface area contributed by atoms with Crippen LogP contribution in [0.4, 0.5) is 0 Å². The average Bonchev–Trinajstić information content (AvgIpc) is 2.61. The van der Waals surface area contributed by atoms with Gasteiger partial charge in [-0.2, -0.15) is 0 Å². The molecule has 1 aliphatic heterocycles. The standard InChI is InChI=1S/C20H30N2O3/c1-20(2,16-7-5-4-6-8-16)12-9-18(24)21(3)15-19(25)22-13-10-17(23)11-14-22/h4-8,17,23H,9-15H2,1-3H3. The molecule has 1 aliphatic rings. The molecule has 138 valence electrons. The molecule has 1 saturated heterocycles. The highest BCUT2D eigenvalue weighted by Crippen LogP contribution is 2.28. The summed E-state index contributed by atoms with van der Waals surface area (Å²) < 4.78 is 0. The van der Waals surface area contributed by atoms with Crippen LogP contribution in [0.15, 0.2) is 30.3 Å². The number of likely N-dealkylation sites (tertiary alicyclic amines) is 1. The van der Waals surface area contributed by atoms with Crippen LogP contribution in [0, 0.1) is 0 Å². The van der Waals surface area contributed by atoms with E-state index in [1.807, 2.05) is 18.2 Å². The van der Waals surface area contributed by atoms with Crippen molar-refractivity contribution in [1.29, 1.82) is 0 Å². The fraction of sp³-hybridized carbons (Fsp3) is 0.600. The number of aliphatic hydroxyl groups excluding tert-OH is 1. The van der Waals surface area contributed by atoms with Crippen molar-refractivity contribution in [1.82, 2.24) is 9.80 Å². The minimum atomic E-state index is -0.302. The lowest BCUT2D eigenvalue weighted by Crippen LogP contribution is -2.45. The molecule has 0 unspecified atom stereocenters. The molecule has 0 bridgehead atoms. The highest BCUT2D eigenvalue weighted by molar-refractivity contribution is 5.84. The third-order valence-electron chi connectivity index (χ3n) is 5.13. The first-order valence-corrected chi connectivity index (χ1v) is 9.05. The molecule has 5 nitrogen and oxygen atoms in total. The van der Waals surface area contributed by atoms with Gasteiger partial charge < -0.3 is 14.9 Å². The predicted molar refractivity (Wildman–Crippen MR) is 98.2 cm³/mol. The minimum Gasteiger partial charge on any atom is -0.393 e. The van der Waals surface area contributed by atoms with Crippen molar-refractivity contribution >= 4 is 11.8 Å². The number of amides is 2. The van der Waals surface area contributed by atoms with Gasteiger partial charge in [0.2, 0.25) is 11.8 Å². The Morgan fingerprint density at radius 3 is 2.40 bits per heavy atom. The Balaban J connectivity index is 1.81. The highest BCUT2D eigenvalue weighted by atomic mass is 16.3. The van der Waals surface area contributed by atoms with Crippen molar-refractivity contribution in [2.24, 2.45) is 0 Å². The van der Waals surface area contributed by atoms with E-state index in [-0.39, 0.29) is 29.9 Å². The zero-order valence-electron chi connectivity index (χ0n) is 15.6. The summed E-state index contributed by atoms with van der Waals surface area (Å²) in [5.41, 5.74) is 1.14. The molecule has 0 aliphatic carbocycles. The van der Waals surface area contributed by atoms with E-state index < -0.39 is 0 Å². The molecule has 1 N–H and O–H groups in total. The first kappa shape index (κ1) is 19.4. The van der Waals surface area contributed by atoms with Gasteiger partial charge in [0.25, 0.3) is 0 Å². The number of carbonyl (C=O) groups is 2. The summed E-state index contributed by atoms with van der Waals surface area (Å²) in [6.45, 7) is 5.53. The Morgan fingerprint density at radius 2 is 1.80 bits per heavy atom. The predicted octanol–water partition coefficient (Wildman–Crippen LogP) is 2.19. The topological polar surface area (TPSA) is 60.9 Å². The second-order valence-corrected chi connectivity index (χ2v) is 7.61. The normalized spacial score (nSPS) is 15.9. The zero-order chi connectivity index (χ0) is 18.4. The number of carbonyl (C=O) groups excluding carboxylic acids is 2. The van der Waals surface area contributed by atoms with E-state index in [1.54, 1.807) is 11.9 Å². The molecule has 25 heavy (non-hydrogen) atoms. The van der Waals surface area contributed by atoms with Gasteiger partial charge in [0.15, 0.2) is 0 Å². The largest absolute Gasteiger partial charge is 0.393 e. The van der Waals surface area contributed by atoms with Gasteiger partial charge in [-0.3, -0.25) is 9.59 Å². The maximum Gasteiger partial charge on any atom is 0.242 e. The molecule has 2 rings (SSSR count). The number of piperidine rings is 1. The number of hydrogen-bond acceptors (Lipinski definition) is 3. The monoisotopic (exact) mass is 346 g/mol. The zero-order valence-corrected chi connectivity index (χ0v) is 15.6. The van der Waals surface area contributed by atoms with Crippen LogP contribution in [0.1, 0.15) is 45.1 Å². The van der Waals surface area contributed by atoms with Gasteiger partial charge in [-0.25, -0.2) is 0 Å². The molecule has 0 radical (unpaired) electrons. The Bertz CT molecular complexity index is 578. The van der Waals surface area contributed by atoms with Crippen LogP contribution in [0.2, 0.25) is 0 Å². The molecule has 2 amide bonds. The Labute approximate surface area is 150 Å². The molecule has 0 spiro atoms. The van der Waals surface area contributed by atoms with Crippen LogP contribution in [0.5, 0.6) is 0 Å². The van der Waals surface area contributed by atoms with Crippen molar-refractivity contribution in [3.05, 3.63) is 35.9 Å². The van der Waals surface area contributed by atoms with E-state index in [4.69, 9.17) is 0 Å². The molecule has 0 saturated carbocycles. The summed E-state index contributed by atoms with van der Waals surface area (Å²) in [6, 6.07) is 10.2. The second-order valence-electron chi connectivity index (χ2n) is 7.61. The minimum absolute atomic E-state index is 0.00518. The van der Waals surface area contributed by atoms with Crippen LogP contribution in [-0.4, -0.2) is 59.5 Å². The molecule has 1 fully saturated rings. The number of nitrogens with zero attached hydrogens (tertiary/aromatic N) is 2. The lowest BCUT2D eigenvalue weighted by Gasteiger charge is -2.31. The van der Waals surface area contributed by atoms with E-state index in [9.17, 15) is 14.7 Å². The molecular formula is C20H30N2O3. The molecule has 1 heterocycles. The molecule has 0 aromatic heterocycles. The van der Waals surface area contributed by atoms with Crippen LogP contribution in [0.25, 0.3) is 0 Å². The van der Waals surface area contributed by atoms with E-state index in [1.165, 1.54) is 10.5 Å². The SMILES string of the molecule is CN(CC(=O)N1CCC(O)CC1)C(=O)CCC(C)(C)c1ccccc1. The van der Waals surface area contributed by atoms with Crippen molar-refractivity contribution < 1.29 is 14.7 Å². The van der Waals surface area contributed by atoms with Gasteiger partial charge in [0.1, 0.15) is 0 Å². The third-order valence-corrected chi connectivity index (χ3v) is 5.13. The van der Waals surface area contributed by atoms with Crippen molar-refractivity contribution in [3.8, 4) is 0 Å². The van der Waals surface area contributed by atoms with Gasteiger partial charge in [0.05, 0.1) is 12.6 Å². The van der Waals surface area contributed by atoms with Gasteiger partial charge in [-0.1, -0.05) is 44.2 Å². The molecule has 1 aromatic carbocycles. The van der Waals surface area contributed by atoms with Crippen LogP contribution >= 0.6 is 0 Å². The number of aliphatic hydroxyl groups is 1. The molecule has 5 heteroatoms. The summed E-state index contributed by atoms with van der Waals surface area (Å²) in [5, 5.41) is 9.52. The Hall–Kier alpha value is -1.88. The Kier molecular flexibility index (Phi) is 6.59. The van der Waals surface area contributed by atoms with E-state index in [0.29, 0.717) is 32.4 Å². The van der Waals surface area contributed by atoms with Crippen LogP contribution < -0.4 is 0 Å². The number of hydrogen-bond donors (Lipinski definition) is 1. The van der Waals surface area contributed by atoms with E-state index in [2.05, 4.69) is 26.0 Å². The summed E-state index contributed by atoms with van der Waals surface area (Å²) in [4.78, 5) is 28.0. The average molecular weight is 346 g/mol. The van der Waals surface area contributed by atoms with Crippen LogP contribution in [-0.2, 0) is 15.0 Å². The van der Waals surface area contributed by atoms with Crippen molar-refractivity contribution in [3.63, 3.8) is 0 Å². The van der Waals surface area contributed by atoms with Crippen molar-refractivity contribution in [2.45, 2.75) is 51.0 Å². The quantitative estimate of drug-likeness (QED) is 0.859.